The van der Waals surface area contributed by atoms with E-state index in [4.69, 9.17) is 4.74 Å². The second-order valence-corrected chi connectivity index (χ2v) is 8.73. The molecule has 0 bridgehead atoms. The number of benzene rings is 2. The highest BCUT2D eigenvalue weighted by atomic mass is 32.2. The molecule has 1 fully saturated rings. The Bertz CT molecular complexity index is 945. The lowest BCUT2D eigenvalue weighted by atomic mass is 9.94. The first kappa shape index (κ1) is 23.8. The fraction of sp³-hybridized carbons (Fsp3) is 0.375. The smallest absolute Gasteiger partial charge is 0.339 e. The van der Waals surface area contributed by atoms with E-state index in [1.54, 1.807) is 36.2 Å². The van der Waals surface area contributed by atoms with Gasteiger partial charge in [0.15, 0.2) is 6.61 Å². The number of nitrogens with one attached hydrogen (secondary N) is 1. The standard InChI is InChI=1S/C24H27FN2O4S/c1-27(19-7-3-2-4-8-19)23(29)15-31-24(30)20-9-5-6-10-21(20)32-16-22(28)26-18-13-11-17(25)12-14-18/h5-6,9-14,19H,2-4,7-8,15-16H2,1H3,(H,26,28). The highest BCUT2D eigenvalue weighted by molar-refractivity contribution is 8.00. The molecule has 6 nitrogen and oxygen atoms in total. The van der Waals surface area contributed by atoms with Crippen LogP contribution in [-0.2, 0) is 14.3 Å². The molecule has 2 amide bonds. The van der Waals surface area contributed by atoms with Gasteiger partial charge in [-0.2, -0.15) is 0 Å². The Morgan fingerprint density at radius 3 is 2.47 bits per heavy atom. The zero-order valence-electron chi connectivity index (χ0n) is 18.0. The van der Waals surface area contributed by atoms with Crippen molar-refractivity contribution in [2.45, 2.75) is 43.0 Å². The first-order valence-electron chi connectivity index (χ1n) is 10.6. The van der Waals surface area contributed by atoms with Crippen LogP contribution in [0, 0.1) is 5.82 Å². The third kappa shape index (κ3) is 6.82. The molecule has 0 heterocycles. The van der Waals surface area contributed by atoms with E-state index in [9.17, 15) is 18.8 Å². The Kier molecular flexibility index (Phi) is 8.67. The maximum absolute atomic E-state index is 13.0. The van der Waals surface area contributed by atoms with Crippen molar-refractivity contribution in [3.8, 4) is 0 Å². The monoisotopic (exact) mass is 458 g/mol. The van der Waals surface area contributed by atoms with Crippen LogP contribution in [0.15, 0.2) is 53.4 Å². The van der Waals surface area contributed by atoms with E-state index in [-0.39, 0.29) is 36.0 Å². The van der Waals surface area contributed by atoms with Crippen LogP contribution in [0.2, 0.25) is 0 Å². The molecule has 2 aromatic carbocycles. The molecule has 0 aliphatic heterocycles. The number of halogens is 1. The van der Waals surface area contributed by atoms with Gasteiger partial charge in [-0.3, -0.25) is 9.59 Å². The van der Waals surface area contributed by atoms with Crippen LogP contribution < -0.4 is 5.32 Å². The van der Waals surface area contributed by atoms with Crippen LogP contribution >= 0.6 is 11.8 Å². The molecule has 1 aliphatic rings. The van der Waals surface area contributed by atoms with Crippen molar-refractivity contribution in [1.82, 2.24) is 4.90 Å². The molecule has 3 rings (SSSR count). The van der Waals surface area contributed by atoms with E-state index in [2.05, 4.69) is 5.32 Å². The Morgan fingerprint density at radius 1 is 1.06 bits per heavy atom. The van der Waals surface area contributed by atoms with Crippen molar-refractivity contribution in [3.63, 3.8) is 0 Å². The number of hydrogen-bond donors (Lipinski definition) is 1. The largest absolute Gasteiger partial charge is 0.452 e. The molecular formula is C24H27FN2O4S. The number of carbonyl (C=O) groups excluding carboxylic acids is 3. The van der Waals surface area contributed by atoms with Crippen molar-refractivity contribution < 1.29 is 23.5 Å². The summed E-state index contributed by atoms with van der Waals surface area (Å²) in [7, 11) is 1.76. The highest BCUT2D eigenvalue weighted by Crippen LogP contribution is 2.24. The maximum atomic E-state index is 13.0. The Labute approximate surface area is 191 Å². The van der Waals surface area contributed by atoms with Crippen molar-refractivity contribution >= 4 is 35.2 Å². The number of ether oxygens (including phenoxy) is 1. The molecule has 1 saturated carbocycles. The summed E-state index contributed by atoms with van der Waals surface area (Å²) >= 11 is 1.19. The summed E-state index contributed by atoms with van der Waals surface area (Å²) in [6, 6.07) is 12.5. The zero-order valence-corrected chi connectivity index (χ0v) is 18.8. The lowest BCUT2D eigenvalue weighted by Crippen LogP contribution is -2.40. The van der Waals surface area contributed by atoms with Gasteiger partial charge >= 0.3 is 5.97 Å². The summed E-state index contributed by atoms with van der Waals surface area (Å²) in [5.41, 5.74) is 0.797. The van der Waals surface area contributed by atoms with Gasteiger partial charge in [0.05, 0.1) is 11.3 Å². The number of nitrogens with zero attached hydrogens (tertiary/aromatic N) is 1. The van der Waals surface area contributed by atoms with Gasteiger partial charge in [0.25, 0.3) is 5.91 Å². The molecule has 0 saturated heterocycles. The van der Waals surface area contributed by atoms with Crippen molar-refractivity contribution in [2.75, 3.05) is 24.7 Å². The van der Waals surface area contributed by atoms with Gasteiger partial charge in [0, 0.05) is 23.7 Å². The van der Waals surface area contributed by atoms with Gasteiger partial charge in [-0.1, -0.05) is 31.4 Å². The maximum Gasteiger partial charge on any atom is 0.339 e. The zero-order chi connectivity index (χ0) is 22.9. The van der Waals surface area contributed by atoms with Crippen molar-refractivity contribution in [2.24, 2.45) is 0 Å². The molecule has 1 N–H and O–H groups in total. The number of rotatable bonds is 8. The molecule has 170 valence electrons. The molecule has 0 radical (unpaired) electrons. The topological polar surface area (TPSA) is 75.7 Å². The van der Waals surface area contributed by atoms with E-state index in [1.807, 2.05) is 0 Å². The number of anilines is 1. The second-order valence-electron chi connectivity index (χ2n) is 7.71. The van der Waals surface area contributed by atoms with E-state index >= 15 is 0 Å². The normalized spacial score (nSPS) is 13.9. The first-order valence-corrected chi connectivity index (χ1v) is 11.6. The van der Waals surface area contributed by atoms with Crippen LogP contribution in [0.3, 0.4) is 0 Å². The number of likely N-dealkylation sites (N-methyl/N-ethyl adjacent to an activating group) is 1. The third-order valence-corrected chi connectivity index (χ3v) is 6.51. The molecule has 0 spiro atoms. The van der Waals surface area contributed by atoms with Crippen molar-refractivity contribution in [3.05, 3.63) is 59.9 Å². The minimum atomic E-state index is -0.600. The summed E-state index contributed by atoms with van der Waals surface area (Å²) in [4.78, 5) is 39.5. The Hall–Kier alpha value is -2.87. The average Bonchev–Trinajstić information content (AvgIpc) is 2.82. The quantitative estimate of drug-likeness (QED) is 0.466. The van der Waals surface area contributed by atoms with Crippen LogP contribution in [-0.4, -0.2) is 48.1 Å². The lowest BCUT2D eigenvalue weighted by Gasteiger charge is -2.31. The second kappa shape index (κ2) is 11.7. The lowest BCUT2D eigenvalue weighted by molar-refractivity contribution is -0.135. The predicted octanol–water partition coefficient (Wildman–Crippen LogP) is 4.50. The summed E-state index contributed by atoms with van der Waals surface area (Å²) in [6.45, 7) is -0.310. The van der Waals surface area contributed by atoms with Gasteiger partial charge in [-0.05, 0) is 49.2 Å². The molecule has 8 heteroatoms. The molecule has 1 aliphatic carbocycles. The van der Waals surface area contributed by atoms with E-state index in [0.29, 0.717) is 16.1 Å². The highest BCUT2D eigenvalue weighted by Gasteiger charge is 2.23. The first-order chi connectivity index (χ1) is 15.4. The minimum Gasteiger partial charge on any atom is -0.452 e. The van der Waals surface area contributed by atoms with Crippen LogP contribution in [0.5, 0.6) is 0 Å². The Balaban J connectivity index is 1.52. The number of carbonyl (C=O) groups is 3. The fourth-order valence-electron chi connectivity index (χ4n) is 3.61. The number of esters is 1. The van der Waals surface area contributed by atoms with Gasteiger partial charge in [0.1, 0.15) is 5.82 Å². The van der Waals surface area contributed by atoms with Gasteiger partial charge in [-0.25, -0.2) is 9.18 Å². The number of thioether (sulfide) groups is 1. The fourth-order valence-corrected chi connectivity index (χ4v) is 4.45. The molecule has 2 aromatic rings. The molecule has 0 aromatic heterocycles. The van der Waals surface area contributed by atoms with E-state index in [0.717, 1.165) is 25.7 Å². The molecule has 32 heavy (non-hydrogen) atoms. The van der Waals surface area contributed by atoms with Gasteiger partial charge in [-0.15, -0.1) is 11.8 Å². The van der Waals surface area contributed by atoms with Crippen molar-refractivity contribution in [1.29, 1.82) is 0 Å². The molecule has 0 unspecified atom stereocenters. The predicted molar refractivity (Wildman–Crippen MR) is 122 cm³/mol. The third-order valence-electron chi connectivity index (χ3n) is 5.44. The average molecular weight is 459 g/mol. The molecular weight excluding hydrogens is 431 g/mol. The summed E-state index contributed by atoms with van der Waals surface area (Å²) in [5.74, 6) is -1.42. The summed E-state index contributed by atoms with van der Waals surface area (Å²) in [5, 5.41) is 2.68. The Morgan fingerprint density at radius 2 is 1.75 bits per heavy atom. The number of amides is 2. The van der Waals surface area contributed by atoms with E-state index < -0.39 is 5.97 Å². The van der Waals surface area contributed by atoms with Crippen LogP contribution in [0.1, 0.15) is 42.5 Å². The van der Waals surface area contributed by atoms with Crippen LogP contribution in [0.4, 0.5) is 10.1 Å². The van der Waals surface area contributed by atoms with Gasteiger partial charge < -0.3 is 15.0 Å². The SMILES string of the molecule is CN(C(=O)COC(=O)c1ccccc1SCC(=O)Nc1ccc(F)cc1)C1CCCCC1. The summed E-state index contributed by atoms with van der Waals surface area (Å²) in [6.07, 6.45) is 5.39. The minimum absolute atomic E-state index is 0.0605. The number of hydrogen-bond acceptors (Lipinski definition) is 5. The van der Waals surface area contributed by atoms with E-state index in [1.165, 1.54) is 42.4 Å². The molecule has 0 atom stereocenters. The van der Waals surface area contributed by atoms with Crippen LogP contribution in [0.25, 0.3) is 0 Å². The summed E-state index contributed by atoms with van der Waals surface area (Å²) < 4.78 is 18.3. The van der Waals surface area contributed by atoms with Gasteiger partial charge in [0.2, 0.25) is 5.91 Å².